The van der Waals surface area contributed by atoms with Crippen molar-refractivity contribution in [3.63, 3.8) is 0 Å². The summed E-state index contributed by atoms with van der Waals surface area (Å²) in [6.07, 6.45) is 0. The van der Waals surface area contributed by atoms with Gasteiger partial charge in [0.15, 0.2) is 11.0 Å². The molecule has 1 aromatic heterocycles. The van der Waals surface area contributed by atoms with Crippen LogP contribution in [-0.2, 0) is 18.9 Å². The Kier molecular flexibility index (Phi) is 5.71. The summed E-state index contributed by atoms with van der Waals surface area (Å²) in [5, 5.41) is 9.42. The highest BCUT2D eigenvalue weighted by Gasteiger charge is 2.12. The Bertz CT molecular complexity index is 833. The fourth-order valence-corrected chi connectivity index (χ4v) is 3.54. The molecule has 0 aliphatic carbocycles. The van der Waals surface area contributed by atoms with E-state index in [9.17, 15) is 4.39 Å². The molecule has 1 heterocycles. The van der Waals surface area contributed by atoms with Crippen molar-refractivity contribution in [2.24, 2.45) is 0 Å². The number of nitrogens with zero attached hydrogens (tertiary/aromatic N) is 3. The summed E-state index contributed by atoms with van der Waals surface area (Å²) in [7, 11) is 0. The second-order valence-electron chi connectivity index (χ2n) is 5.60. The van der Waals surface area contributed by atoms with E-state index >= 15 is 0 Å². The summed E-state index contributed by atoms with van der Waals surface area (Å²) < 4.78 is 20.7. The maximum atomic E-state index is 12.9. The van der Waals surface area contributed by atoms with Crippen LogP contribution in [0.25, 0.3) is 0 Å². The fourth-order valence-electron chi connectivity index (χ4n) is 2.44. The van der Waals surface area contributed by atoms with Crippen LogP contribution in [0.1, 0.15) is 23.9 Å². The van der Waals surface area contributed by atoms with Gasteiger partial charge in [0.2, 0.25) is 0 Å². The van der Waals surface area contributed by atoms with Gasteiger partial charge in [-0.05, 0) is 49.2 Å². The zero-order valence-electron chi connectivity index (χ0n) is 14.3. The van der Waals surface area contributed by atoms with E-state index in [0.717, 1.165) is 23.3 Å². The number of aryl methyl sites for hydroxylation is 1. The van der Waals surface area contributed by atoms with Gasteiger partial charge in [-0.25, -0.2) is 4.39 Å². The van der Waals surface area contributed by atoms with Crippen molar-refractivity contribution in [3.05, 3.63) is 71.3 Å². The van der Waals surface area contributed by atoms with E-state index in [0.29, 0.717) is 12.4 Å². The lowest BCUT2D eigenvalue weighted by molar-refractivity contribution is 0.288. The minimum Gasteiger partial charge on any atom is -0.486 e. The Morgan fingerprint density at radius 2 is 1.84 bits per heavy atom. The molecule has 0 amide bonds. The Morgan fingerprint density at radius 3 is 2.56 bits per heavy atom. The molecule has 3 rings (SSSR count). The standard InChI is InChI=1S/C19H20FN3OS/c1-3-23-18(12-24-17-10-8-16(20)9-11-17)21-22-19(23)25-13-15-7-5-4-6-14(15)2/h4-11H,3,12-13H2,1-2H3. The highest BCUT2D eigenvalue weighted by Crippen LogP contribution is 2.24. The average Bonchev–Trinajstić information content (AvgIpc) is 3.02. The topological polar surface area (TPSA) is 39.9 Å². The van der Waals surface area contributed by atoms with Gasteiger partial charge in [-0.2, -0.15) is 0 Å². The van der Waals surface area contributed by atoms with E-state index in [1.165, 1.54) is 23.3 Å². The molecule has 0 aliphatic rings. The minimum atomic E-state index is -0.279. The number of benzene rings is 2. The lowest BCUT2D eigenvalue weighted by Crippen LogP contribution is -2.07. The Hall–Kier alpha value is -2.34. The molecule has 2 aromatic carbocycles. The van der Waals surface area contributed by atoms with Gasteiger partial charge < -0.3 is 9.30 Å². The molecule has 0 spiro atoms. The van der Waals surface area contributed by atoms with Gasteiger partial charge in [0, 0.05) is 12.3 Å². The molecule has 0 bridgehead atoms. The van der Waals surface area contributed by atoms with Crippen LogP contribution in [0, 0.1) is 12.7 Å². The SMILES string of the molecule is CCn1c(COc2ccc(F)cc2)nnc1SCc1ccccc1C. The zero-order valence-corrected chi connectivity index (χ0v) is 15.1. The van der Waals surface area contributed by atoms with E-state index in [2.05, 4.69) is 42.2 Å². The van der Waals surface area contributed by atoms with Crippen molar-refractivity contribution in [2.45, 2.75) is 37.9 Å². The molecule has 0 aliphatic heterocycles. The first-order chi connectivity index (χ1) is 12.2. The zero-order chi connectivity index (χ0) is 17.6. The predicted molar refractivity (Wildman–Crippen MR) is 97.2 cm³/mol. The van der Waals surface area contributed by atoms with Crippen LogP contribution in [0.3, 0.4) is 0 Å². The summed E-state index contributed by atoms with van der Waals surface area (Å²) in [6, 6.07) is 14.3. The maximum Gasteiger partial charge on any atom is 0.191 e. The first-order valence-corrected chi connectivity index (χ1v) is 9.13. The van der Waals surface area contributed by atoms with Crippen molar-refractivity contribution < 1.29 is 9.13 Å². The monoisotopic (exact) mass is 357 g/mol. The van der Waals surface area contributed by atoms with Gasteiger partial charge >= 0.3 is 0 Å². The normalized spacial score (nSPS) is 10.8. The van der Waals surface area contributed by atoms with Crippen LogP contribution >= 0.6 is 11.8 Å². The molecule has 130 valence electrons. The third-order valence-corrected chi connectivity index (χ3v) is 4.92. The van der Waals surface area contributed by atoms with E-state index in [1.807, 2.05) is 10.6 Å². The van der Waals surface area contributed by atoms with Crippen LogP contribution < -0.4 is 4.74 Å². The molecule has 6 heteroatoms. The lowest BCUT2D eigenvalue weighted by atomic mass is 10.1. The highest BCUT2D eigenvalue weighted by molar-refractivity contribution is 7.98. The van der Waals surface area contributed by atoms with E-state index in [1.54, 1.807) is 23.9 Å². The Balaban J connectivity index is 1.66. The van der Waals surface area contributed by atoms with Crippen LogP contribution in [0.2, 0.25) is 0 Å². The molecular weight excluding hydrogens is 337 g/mol. The summed E-state index contributed by atoms with van der Waals surface area (Å²) in [4.78, 5) is 0. The lowest BCUT2D eigenvalue weighted by Gasteiger charge is -2.09. The van der Waals surface area contributed by atoms with Crippen LogP contribution in [0.15, 0.2) is 53.7 Å². The Labute approximate surface area is 151 Å². The van der Waals surface area contributed by atoms with Crippen molar-refractivity contribution in [2.75, 3.05) is 0 Å². The molecule has 0 saturated carbocycles. The number of ether oxygens (including phenoxy) is 1. The van der Waals surface area contributed by atoms with Crippen LogP contribution in [0.5, 0.6) is 5.75 Å². The first-order valence-electron chi connectivity index (χ1n) is 8.15. The number of aromatic nitrogens is 3. The third-order valence-electron chi connectivity index (χ3n) is 3.91. The summed E-state index contributed by atoms with van der Waals surface area (Å²) in [6.45, 7) is 5.24. The molecule has 4 nitrogen and oxygen atoms in total. The average molecular weight is 357 g/mol. The van der Waals surface area contributed by atoms with E-state index < -0.39 is 0 Å². The number of halogens is 1. The van der Waals surface area contributed by atoms with E-state index in [4.69, 9.17) is 4.74 Å². The first kappa shape index (κ1) is 17.5. The largest absolute Gasteiger partial charge is 0.486 e. The third kappa shape index (κ3) is 4.39. The molecule has 0 N–H and O–H groups in total. The number of thioether (sulfide) groups is 1. The highest BCUT2D eigenvalue weighted by atomic mass is 32.2. The Morgan fingerprint density at radius 1 is 1.08 bits per heavy atom. The molecule has 25 heavy (non-hydrogen) atoms. The molecule has 0 radical (unpaired) electrons. The summed E-state index contributed by atoms with van der Waals surface area (Å²) >= 11 is 1.67. The second kappa shape index (κ2) is 8.16. The molecule has 0 fully saturated rings. The smallest absolute Gasteiger partial charge is 0.191 e. The van der Waals surface area contributed by atoms with Gasteiger partial charge in [-0.1, -0.05) is 36.0 Å². The number of rotatable bonds is 7. The van der Waals surface area contributed by atoms with Crippen molar-refractivity contribution in [3.8, 4) is 5.75 Å². The minimum absolute atomic E-state index is 0.279. The van der Waals surface area contributed by atoms with E-state index in [-0.39, 0.29) is 5.82 Å². The number of hydrogen-bond acceptors (Lipinski definition) is 4. The van der Waals surface area contributed by atoms with Gasteiger partial charge in [0.25, 0.3) is 0 Å². The van der Waals surface area contributed by atoms with Gasteiger partial charge in [0.05, 0.1) is 0 Å². The van der Waals surface area contributed by atoms with Gasteiger partial charge in [-0.3, -0.25) is 0 Å². The van der Waals surface area contributed by atoms with Crippen molar-refractivity contribution in [1.82, 2.24) is 14.8 Å². The summed E-state index contributed by atoms with van der Waals surface area (Å²) in [5.41, 5.74) is 2.57. The molecule has 0 saturated heterocycles. The van der Waals surface area contributed by atoms with Crippen LogP contribution in [0.4, 0.5) is 4.39 Å². The number of hydrogen-bond donors (Lipinski definition) is 0. The van der Waals surface area contributed by atoms with Crippen molar-refractivity contribution >= 4 is 11.8 Å². The molecule has 3 aromatic rings. The van der Waals surface area contributed by atoms with Gasteiger partial charge in [0.1, 0.15) is 18.2 Å². The quantitative estimate of drug-likeness (QED) is 0.579. The van der Waals surface area contributed by atoms with Crippen molar-refractivity contribution in [1.29, 1.82) is 0 Å². The molecular formula is C19H20FN3OS. The molecule has 0 atom stereocenters. The molecule has 0 unspecified atom stereocenters. The summed E-state index contributed by atoms with van der Waals surface area (Å²) in [5.74, 6) is 1.95. The second-order valence-corrected chi connectivity index (χ2v) is 6.54. The predicted octanol–water partition coefficient (Wildman–Crippen LogP) is 4.62. The van der Waals surface area contributed by atoms with Gasteiger partial charge in [-0.15, -0.1) is 10.2 Å². The fraction of sp³-hybridized carbons (Fsp3) is 0.263. The van der Waals surface area contributed by atoms with Crippen LogP contribution in [-0.4, -0.2) is 14.8 Å². The maximum absolute atomic E-state index is 12.9.